The van der Waals surface area contributed by atoms with Gasteiger partial charge >= 0.3 is 0 Å². The molecule has 4 rings (SSSR count). The van der Waals surface area contributed by atoms with Crippen molar-refractivity contribution in [2.75, 3.05) is 7.11 Å². The Bertz CT molecular complexity index is 1080. The molecule has 0 fully saturated rings. The summed E-state index contributed by atoms with van der Waals surface area (Å²) in [5, 5.41) is 13.0. The topological polar surface area (TPSA) is 49.8 Å². The molecule has 1 N–H and O–H groups in total. The number of hydrogen-bond acceptors (Lipinski definition) is 3. The fourth-order valence-electron chi connectivity index (χ4n) is 4.85. The molecule has 1 aliphatic heterocycles. The van der Waals surface area contributed by atoms with Crippen LogP contribution in [-0.4, -0.2) is 29.1 Å². The SMILES string of the molecule is CCCCCC(CC)N1C(=O)c2ccc(-c3ccccc3)c3c(OC)ccc(c23)C1O. The lowest BCUT2D eigenvalue weighted by Crippen LogP contribution is -2.45. The maximum absolute atomic E-state index is 13.6. The van der Waals surface area contributed by atoms with E-state index in [4.69, 9.17) is 4.74 Å². The van der Waals surface area contributed by atoms with Gasteiger partial charge in [-0.3, -0.25) is 4.79 Å². The van der Waals surface area contributed by atoms with Gasteiger partial charge in [0.1, 0.15) is 5.75 Å². The van der Waals surface area contributed by atoms with E-state index in [1.807, 2.05) is 42.5 Å². The molecule has 0 aliphatic carbocycles. The van der Waals surface area contributed by atoms with Gasteiger partial charge in [0.15, 0.2) is 6.23 Å². The van der Waals surface area contributed by atoms with Gasteiger partial charge in [0.05, 0.1) is 7.11 Å². The minimum absolute atomic E-state index is 0.0214. The van der Waals surface area contributed by atoms with Gasteiger partial charge < -0.3 is 14.7 Å². The first kappa shape index (κ1) is 21.4. The van der Waals surface area contributed by atoms with Crippen LogP contribution in [0.2, 0.25) is 0 Å². The number of benzene rings is 3. The number of carbonyl (C=O) groups excluding carboxylic acids is 1. The molecular formula is C27H31NO3. The molecule has 162 valence electrons. The highest BCUT2D eigenvalue weighted by molar-refractivity contribution is 6.15. The number of rotatable bonds is 8. The van der Waals surface area contributed by atoms with Crippen LogP contribution in [0.1, 0.15) is 68.1 Å². The Labute approximate surface area is 184 Å². The van der Waals surface area contributed by atoms with Crippen LogP contribution in [0.25, 0.3) is 21.9 Å². The third-order valence-electron chi connectivity index (χ3n) is 6.47. The fourth-order valence-corrected chi connectivity index (χ4v) is 4.85. The first-order valence-electron chi connectivity index (χ1n) is 11.3. The highest BCUT2D eigenvalue weighted by Crippen LogP contribution is 2.45. The van der Waals surface area contributed by atoms with Crippen LogP contribution in [0.5, 0.6) is 5.75 Å². The van der Waals surface area contributed by atoms with E-state index >= 15 is 0 Å². The summed E-state index contributed by atoms with van der Waals surface area (Å²) in [6.07, 6.45) is 4.11. The van der Waals surface area contributed by atoms with Crippen molar-refractivity contribution in [2.45, 2.75) is 58.2 Å². The van der Waals surface area contributed by atoms with Crippen molar-refractivity contribution in [2.24, 2.45) is 0 Å². The van der Waals surface area contributed by atoms with E-state index in [9.17, 15) is 9.90 Å². The molecule has 0 radical (unpaired) electrons. The second-order valence-electron chi connectivity index (χ2n) is 8.28. The van der Waals surface area contributed by atoms with Gasteiger partial charge in [-0.25, -0.2) is 0 Å². The van der Waals surface area contributed by atoms with Crippen LogP contribution >= 0.6 is 0 Å². The zero-order valence-electron chi connectivity index (χ0n) is 18.6. The molecule has 3 aromatic rings. The van der Waals surface area contributed by atoms with Gasteiger partial charge in [-0.15, -0.1) is 0 Å². The number of aliphatic hydroxyl groups excluding tert-OH is 1. The second kappa shape index (κ2) is 9.11. The number of aliphatic hydroxyl groups is 1. The van der Waals surface area contributed by atoms with Crippen molar-refractivity contribution < 1.29 is 14.6 Å². The van der Waals surface area contributed by atoms with Crippen LogP contribution in [0.15, 0.2) is 54.6 Å². The number of carbonyl (C=O) groups is 1. The van der Waals surface area contributed by atoms with E-state index in [0.717, 1.165) is 59.6 Å². The summed E-state index contributed by atoms with van der Waals surface area (Å²) >= 11 is 0. The highest BCUT2D eigenvalue weighted by atomic mass is 16.5. The average molecular weight is 418 g/mol. The summed E-state index contributed by atoms with van der Waals surface area (Å²) in [5.41, 5.74) is 3.47. The number of ether oxygens (including phenoxy) is 1. The average Bonchev–Trinajstić information content (AvgIpc) is 2.81. The Kier molecular flexibility index (Phi) is 6.28. The zero-order valence-corrected chi connectivity index (χ0v) is 18.6. The number of methoxy groups -OCH3 is 1. The van der Waals surface area contributed by atoms with Crippen LogP contribution in [0.4, 0.5) is 0 Å². The Morgan fingerprint density at radius 3 is 2.39 bits per heavy atom. The number of amides is 1. The van der Waals surface area contributed by atoms with Crippen molar-refractivity contribution in [3.05, 3.63) is 65.7 Å². The van der Waals surface area contributed by atoms with Crippen LogP contribution < -0.4 is 4.74 Å². The van der Waals surface area contributed by atoms with Crippen LogP contribution in [-0.2, 0) is 0 Å². The van der Waals surface area contributed by atoms with Crippen molar-refractivity contribution in [1.82, 2.24) is 4.90 Å². The van der Waals surface area contributed by atoms with Crippen molar-refractivity contribution >= 4 is 16.7 Å². The van der Waals surface area contributed by atoms with E-state index in [2.05, 4.69) is 26.0 Å². The molecule has 2 unspecified atom stereocenters. The third kappa shape index (κ3) is 3.70. The maximum atomic E-state index is 13.6. The monoisotopic (exact) mass is 417 g/mol. The fraction of sp³-hybridized carbons (Fsp3) is 0.370. The minimum Gasteiger partial charge on any atom is -0.496 e. The van der Waals surface area contributed by atoms with Crippen molar-refractivity contribution in [3.8, 4) is 16.9 Å². The van der Waals surface area contributed by atoms with E-state index in [-0.39, 0.29) is 11.9 Å². The molecule has 1 aliphatic rings. The first-order chi connectivity index (χ1) is 15.1. The summed E-state index contributed by atoms with van der Waals surface area (Å²) < 4.78 is 5.69. The number of nitrogens with zero attached hydrogens (tertiary/aromatic N) is 1. The second-order valence-corrected chi connectivity index (χ2v) is 8.28. The zero-order chi connectivity index (χ0) is 22.0. The lowest BCUT2D eigenvalue weighted by Gasteiger charge is -2.39. The largest absolute Gasteiger partial charge is 0.496 e. The third-order valence-corrected chi connectivity index (χ3v) is 6.47. The van der Waals surface area contributed by atoms with Gasteiger partial charge in [-0.2, -0.15) is 0 Å². The van der Waals surface area contributed by atoms with Crippen molar-refractivity contribution in [3.63, 3.8) is 0 Å². The van der Waals surface area contributed by atoms with E-state index in [1.54, 1.807) is 12.0 Å². The Morgan fingerprint density at radius 1 is 0.968 bits per heavy atom. The summed E-state index contributed by atoms with van der Waals surface area (Å²) in [5.74, 6) is 0.615. The standard InChI is InChI=1S/C27H31NO3/c1-4-6-8-13-19(5-2)28-26(29)21-15-14-20(18-11-9-7-10-12-18)25-23(31-3)17-16-22(24(21)25)27(28)30/h7,9-12,14-17,19,27,30H,4-6,8,13H2,1-3H3. The number of unbranched alkanes of at least 4 members (excludes halogenated alkanes) is 2. The molecule has 0 bridgehead atoms. The minimum atomic E-state index is -0.953. The van der Waals surface area contributed by atoms with Gasteiger partial charge in [0, 0.05) is 27.9 Å². The molecule has 2 atom stereocenters. The lowest BCUT2D eigenvalue weighted by atomic mass is 9.87. The van der Waals surface area contributed by atoms with Crippen LogP contribution in [0.3, 0.4) is 0 Å². The van der Waals surface area contributed by atoms with E-state index < -0.39 is 6.23 Å². The molecule has 0 aromatic heterocycles. The smallest absolute Gasteiger partial charge is 0.257 e. The van der Waals surface area contributed by atoms with Crippen LogP contribution in [0, 0.1) is 0 Å². The molecule has 0 saturated heterocycles. The molecular weight excluding hydrogens is 386 g/mol. The molecule has 1 heterocycles. The van der Waals surface area contributed by atoms with E-state index in [1.165, 1.54) is 0 Å². The highest BCUT2D eigenvalue weighted by Gasteiger charge is 2.37. The molecule has 3 aromatic carbocycles. The molecule has 1 amide bonds. The predicted molar refractivity (Wildman–Crippen MR) is 125 cm³/mol. The summed E-state index contributed by atoms with van der Waals surface area (Å²) in [4.78, 5) is 15.3. The lowest BCUT2D eigenvalue weighted by molar-refractivity contribution is -0.0186. The van der Waals surface area contributed by atoms with Crippen molar-refractivity contribution in [1.29, 1.82) is 0 Å². The molecule has 31 heavy (non-hydrogen) atoms. The molecule has 0 spiro atoms. The Morgan fingerprint density at radius 2 is 1.71 bits per heavy atom. The summed E-state index contributed by atoms with van der Waals surface area (Å²) in [6, 6.07) is 17.8. The quantitative estimate of drug-likeness (QED) is 0.436. The number of hydrogen-bond donors (Lipinski definition) is 1. The van der Waals surface area contributed by atoms with E-state index in [0.29, 0.717) is 11.3 Å². The van der Waals surface area contributed by atoms with Gasteiger partial charge in [-0.1, -0.05) is 75.6 Å². The summed E-state index contributed by atoms with van der Waals surface area (Å²) in [7, 11) is 1.65. The normalized spacial score (nSPS) is 16.6. The van der Waals surface area contributed by atoms with Gasteiger partial charge in [0.2, 0.25) is 0 Å². The molecule has 0 saturated carbocycles. The first-order valence-corrected chi connectivity index (χ1v) is 11.3. The summed E-state index contributed by atoms with van der Waals surface area (Å²) in [6.45, 7) is 4.27. The predicted octanol–water partition coefficient (Wildman–Crippen LogP) is 6.32. The van der Waals surface area contributed by atoms with Gasteiger partial charge in [0.25, 0.3) is 5.91 Å². The molecule has 4 nitrogen and oxygen atoms in total. The van der Waals surface area contributed by atoms with Gasteiger partial charge in [-0.05, 0) is 36.1 Å². The Balaban J connectivity index is 1.88. The maximum Gasteiger partial charge on any atom is 0.257 e. The Hall–Kier alpha value is -2.85. The molecule has 4 heteroatoms.